The van der Waals surface area contributed by atoms with Crippen molar-refractivity contribution < 1.29 is 9.53 Å². The highest BCUT2D eigenvalue weighted by atomic mass is 16.5. The van der Waals surface area contributed by atoms with E-state index in [0.29, 0.717) is 5.56 Å². The Labute approximate surface area is 124 Å². The average Bonchev–Trinajstić information content (AvgIpc) is 2.48. The number of carbonyl (C=O) groups excluding carboxylic acids is 1. The number of rotatable bonds is 4. The Kier molecular flexibility index (Phi) is 4.52. The Bertz CT molecular complexity index is 656. The molecule has 5 heteroatoms. The Morgan fingerprint density at radius 3 is 2.62 bits per heavy atom. The summed E-state index contributed by atoms with van der Waals surface area (Å²) >= 11 is 0. The maximum Gasteiger partial charge on any atom is 0.339 e. The van der Waals surface area contributed by atoms with Crippen LogP contribution in [-0.2, 0) is 4.74 Å². The molecular formula is C16H19N3O2. The van der Waals surface area contributed by atoms with E-state index in [1.165, 1.54) is 7.11 Å². The van der Waals surface area contributed by atoms with Gasteiger partial charge in [-0.1, -0.05) is 11.6 Å². The quantitative estimate of drug-likeness (QED) is 0.875. The fourth-order valence-electron chi connectivity index (χ4n) is 2.21. The zero-order valence-corrected chi connectivity index (χ0v) is 12.7. The van der Waals surface area contributed by atoms with Crippen molar-refractivity contribution in [3.8, 4) is 0 Å². The highest BCUT2D eigenvalue weighted by Crippen LogP contribution is 2.24. The second-order valence-corrected chi connectivity index (χ2v) is 4.93. The molecule has 1 aromatic heterocycles. The third-order valence-corrected chi connectivity index (χ3v) is 3.28. The molecule has 0 radical (unpaired) electrons. The number of nitrogens with one attached hydrogen (secondary N) is 1. The van der Waals surface area contributed by atoms with Crippen LogP contribution in [0.3, 0.4) is 0 Å². The molecule has 1 atom stereocenters. The van der Waals surface area contributed by atoms with Crippen molar-refractivity contribution >= 4 is 11.7 Å². The van der Waals surface area contributed by atoms with Crippen molar-refractivity contribution in [2.75, 3.05) is 12.4 Å². The van der Waals surface area contributed by atoms with Gasteiger partial charge in [-0.05, 0) is 32.9 Å². The number of benzene rings is 1. The van der Waals surface area contributed by atoms with Gasteiger partial charge in [-0.25, -0.2) is 4.79 Å². The second kappa shape index (κ2) is 6.35. The van der Waals surface area contributed by atoms with Crippen LogP contribution in [0, 0.1) is 13.8 Å². The molecule has 0 aliphatic carbocycles. The SMILES string of the molecule is COC(=O)c1cc(C)ccc1NC(C)c1nccnc1C. The molecule has 1 unspecified atom stereocenters. The molecule has 0 amide bonds. The van der Waals surface area contributed by atoms with E-state index in [2.05, 4.69) is 15.3 Å². The molecule has 1 N–H and O–H groups in total. The monoisotopic (exact) mass is 285 g/mol. The predicted octanol–water partition coefficient (Wildman–Crippen LogP) is 3.05. The van der Waals surface area contributed by atoms with Gasteiger partial charge >= 0.3 is 5.97 Å². The minimum atomic E-state index is -0.357. The fourth-order valence-corrected chi connectivity index (χ4v) is 2.21. The van der Waals surface area contributed by atoms with E-state index in [9.17, 15) is 4.79 Å². The van der Waals surface area contributed by atoms with Gasteiger partial charge in [-0.2, -0.15) is 0 Å². The normalized spacial score (nSPS) is 11.8. The molecule has 0 fully saturated rings. The van der Waals surface area contributed by atoms with Crippen molar-refractivity contribution in [2.45, 2.75) is 26.8 Å². The van der Waals surface area contributed by atoms with Gasteiger partial charge < -0.3 is 10.1 Å². The number of carbonyl (C=O) groups is 1. The highest BCUT2D eigenvalue weighted by molar-refractivity contribution is 5.95. The first-order valence-corrected chi connectivity index (χ1v) is 6.76. The Morgan fingerprint density at radius 1 is 1.24 bits per heavy atom. The fraction of sp³-hybridized carbons (Fsp3) is 0.312. The molecule has 0 aliphatic rings. The summed E-state index contributed by atoms with van der Waals surface area (Å²) in [4.78, 5) is 20.5. The summed E-state index contributed by atoms with van der Waals surface area (Å²) in [6.07, 6.45) is 3.33. The van der Waals surface area contributed by atoms with Crippen LogP contribution in [0.5, 0.6) is 0 Å². The lowest BCUT2D eigenvalue weighted by atomic mass is 10.1. The number of aryl methyl sites for hydroxylation is 2. The molecule has 0 aliphatic heterocycles. The second-order valence-electron chi connectivity index (χ2n) is 4.93. The number of methoxy groups -OCH3 is 1. The predicted molar refractivity (Wildman–Crippen MR) is 81.3 cm³/mol. The Balaban J connectivity index is 2.31. The minimum Gasteiger partial charge on any atom is -0.465 e. The van der Waals surface area contributed by atoms with Crippen LogP contribution in [0.4, 0.5) is 5.69 Å². The third-order valence-electron chi connectivity index (χ3n) is 3.28. The number of anilines is 1. The third kappa shape index (κ3) is 3.37. The molecule has 2 aromatic rings. The number of nitrogens with zero attached hydrogens (tertiary/aromatic N) is 2. The van der Waals surface area contributed by atoms with E-state index in [1.54, 1.807) is 12.4 Å². The standard InChI is InChI=1S/C16H19N3O2/c1-10-5-6-14(13(9-10)16(20)21-4)19-12(3)15-11(2)17-7-8-18-15/h5-9,12,19H,1-4H3. The van der Waals surface area contributed by atoms with Crippen LogP contribution in [-0.4, -0.2) is 23.0 Å². The summed E-state index contributed by atoms with van der Waals surface area (Å²) in [5, 5.41) is 3.31. The lowest BCUT2D eigenvalue weighted by Gasteiger charge is -2.18. The summed E-state index contributed by atoms with van der Waals surface area (Å²) in [6.45, 7) is 5.83. The maximum atomic E-state index is 11.9. The van der Waals surface area contributed by atoms with Gasteiger partial charge in [0, 0.05) is 18.1 Å². The first-order chi connectivity index (χ1) is 10.0. The molecule has 0 saturated carbocycles. The van der Waals surface area contributed by atoms with E-state index in [-0.39, 0.29) is 12.0 Å². The highest BCUT2D eigenvalue weighted by Gasteiger charge is 2.16. The largest absolute Gasteiger partial charge is 0.465 e. The molecule has 110 valence electrons. The molecular weight excluding hydrogens is 266 g/mol. The van der Waals surface area contributed by atoms with Crippen LogP contribution >= 0.6 is 0 Å². The number of hydrogen-bond donors (Lipinski definition) is 1. The van der Waals surface area contributed by atoms with Crippen LogP contribution in [0.2, 0.25) is 0 Å². The van der Waals surface area contributed by atoms with Gasteiger partial charge in [0.25, 0.3) is 0 Å². The summed E-state index contributed by atoms with van der Waals surface area (Å²) in [7, 11) is 1.38. The van der Waals surface area contributed by atoms with Crippen LogP contribution in [0.15, 0.2) is 30.6 Å². The molecule has 0 bridgehead atoms. The van der Waals surface area contributed by atoms with E-state index in [1.807, 2.05) is 39.0 Å². The first kappa shape index (κ1) is 15.0. The van der Waals surface area contributed by atoms with Gasteiger partial charge in [0.15, 0.2) is 0 Å². The van der Waals surface area contributed by atoms with E-state index in [4.69, 9.17) is 4.74 Å². The zero-order valence-electron chi connectivity index (χ0n) is 12.7. The number of esters is 1. The topological polar surface area (TPSA) is 64.1 Å². The van der Waals surface area contributed by atoms with Crippen molar-refractivity contribution in [1.29, 1.82) is 0 Å². The number of ether oxygens (including phenoxy) is 1. The zero-order chi connectivity index (χ0) is 15.4. The number of hydrogen-bond acceptors (Lipinski definition) is 5. The average molecular weight is 285 g/mol. The van der Waals surface area contributed by atoms with Crippen LogP contribution in [0.1, 0.15) is 40.3 Å². The summed E-state index contributed by atoms with van der Waals surface area (Å²) in [5.41, 5.74) is 3.97. The molecule has 2 rings (SSSR count). The lowest BCUT2D eigenvalue weighted by Crippen LogP contribution is -2.14. The van der Waals surface area contributed by atoms with Gasteiger partial charge in [0.05, 0.1) is 30.1 Å². The van der Waals surface area contributed by atoms with E-state index in [0.717, 1.165) is 22.6 Å². The van der Waals surface area contributed by atoms with Gasteiger partial charge in [0.2, 0.25) is 0 Å². The summed E-state index contributed by atoms with van der Waals surface area (Å²) in [5.74, 6) is -0.357. The van der Waals surface area contributed by atoms with Crippen molar-refractivity contribution in [3.05, 3.63) is 53.1 Å². The van der Waals surface area contributed by atoms with Crippen molar-refractivity contribution in [1.82, 2.24) is 9.97 Å². The summed E-state index contributed by atoms with van der Waals surface area (Å²) in [6, 6.07) is 5.57. The smallest absolute Gasteiger partial charge is 0.339 e. The summed E-state index contributed by atoms with van der Waals surface area (Å²) < 4.78 is 4.84. The molecule has 21 heavy (non-hydrogen) atoms. The lowest BCUT2D eigenvalue weighted by molar-refractivity contribution is 0.0601. The Morgan fingerprint density at radius 2 is 1.95 bits per heavy atom. The molecule has 0 spiro atoms. The molecule has 0 saturated heterocycles. The molecule has 1 aromatic carbocycles. The van der Waals surface area contributed by atoms with Crippen molar-refractivity contribution in [3.63, 3.8) is 0 Å². The Hall–Kier alpha value is -2.43. The molecule has 1 heterocycles. The van der Waals surface area contributed by atoms with E-state index >= 15 is 0 Å². The first-order valence-electron chi connectivity index (χ1n) is 6.76. The van der Waals surface area contributed by atoms with Gasteiger partial charge in [-0.15, -0.1) is 0 Å². The number of aromatic nitrogens is 2. The van der Waals surface area contributed by atoms with Gasteiger partial charge in [0.1, 0.15) is 0 Å². The van der Waals surface area contributed by atoms with Crippen LogP contribution in [0.25, 0.3) is 0 Å². The molecule has 5 nitrogen and oxygen atoms in total. The van der Waals surface area contributed by atoms with Gasteiger partial charge in [-0.3, -0.25) is 9.97 Å². The van der Waals surface area contributed by atoms with Crippen molar-refractivity contribution in [2.24, 2.45) is 0 Å². The van der Waals surface area contributed by atoms with Crippen LogP contribution < -0.4 is 5.32 Å². The maximum absolute atomic E-state index is 11.9. The minimum absolute atomic E-state index is 0.0650. The van der Waals surface area contributed by atoms with E-state index < -0.39 is 0 Å².